The fraction of sp³-hybridized carbons (Fsp3) is 0.147. The number of hydrogen-bond donors (Lipinski definition) is 2. The molecule has 42 heavy (non-hydrogen) atoms. The van der Waals surface area contributed by atoms with E-state index in [2.05, 4.69) is 32.3 Å². The van der Waals surface area contributed by atoms with Crippen molar-refractivity contribution in [3.8, 4) is 5.69 Å². The zero-order chi connectivity index (χ0) is 28.4. The first-order chi connectivity index (χ1) is 20.5. The summed E-state index contributed by atoms with van der Waals surface area (Å²) in [7, 11) is 0. The maximum atomic E-state index is 13.8. The van der Waals surface area contributed by atoms with Crippen LogP contribution in [0.1, 0.15) is 55.9 Å². The van der Waals surface area contributed by atoms with Gasteiger partial charge < -0.3 is 10.6 Å². The fourth-order valence-electron chi connectivity index (χ4n) is 6.63. The van der Waals surface area contributed by atoms with Crippen LogP contribution in [0.5, 0.6) is 0 Å². The number of aromatic nitrogens is 3. The first kappa shape index (κ1) is 24.4. The van der Waals surface area contributed by atoms with Crippen LogP contribution in [0, 0.1) is 6.92 Å². The lowest BCUT2D eigenvalue weighted by molar-refractivity contribution is -0.120. The maximum Gasteiger partial charge on any atom is 0.253 e. The van der Waals surface area contributed by atoms with Crippen LogP contribution < -0.4 is 10.6 Å². The van der Waals surface area contributed by atoms with Crippen molar-refractivity contribution in [2.45, 2.75) is 31.3 Å². The average Bonchev–Trinajstić information content (AvgIpc) is 3.65. The van der Waals surface area contributed by atoms with E-state index in [1.165, 1.54) is 0 Å². The number of carbonyl (C=O) groups is 2. The summed E-state index contributed by atoms with van der Waals surface area (Å²) in [6.07, 6.45) is 3.88. The predicted molar refractivity (Wildman–Crippen MR) is 159 cm³/mol. The number of imidazole rings is 1. The summed E-state index contributed by atoms with van der Waals surface area (Å²) in [6, 6.07) is 27.6. The molecule has 8 nitrogen and oxygen atoms in total. The molecule has 3 aromatic carbocycles. The number of nitrogens with zero attached hydrogens (tertiary/aromatic N) is 4. The van der Waals surface area contributed by atoms with E-state index < -0.39 is 11.6 Å². The summed E-state index contributed by atoms with van der Waals surface area (Å²) >= 11 is 0. The number of amides is 2. The number of carbonyl (C=O) groups excluding carboxylic acids is 2. The van der Waals surface area contributed by atoms with Crippen molar-refractivity contribution >= 4 is 23.3 Å². The van der Waals surface area contributed by atoms with Crippen molar-refractivity contribution in [1.29, 1.82) is 0 Å². The Bertz CT molecular complexity index is 1960. The van der Waals surface area contributed by atoms with Crippen LogP contribution >= 0.6 is 0 Å². The topological polar surface area (TPSA) is 101 Å². The van der Waals surface area contributed by atoms with E-state index in [0.717, 1.165) is 44.9 Å². The van der Waals surface area contributed by atoms with Gasteiger partial charge in [0.15, 0.2) is 12.0 Å². The van der Waals surface area contributed by atoms with E-state index in [-0.39, 0.29) is 11.8 Å². The number of fused-ring (bicyclic) bond motifs is 6. The molecule has 8 heteroatoms. The summed E-state index contributed by atoms with van der Waals surface area (Å²) in [5.41, 5.74) is 7.44. The Kier molecular flexibility index (Phi) is 5.28. The minimum absolute atomic E-state index is 0.0404. The largest absolute Gasteiger partial charge is 0.324 e. The van der Waals surface area contributed by atoms with E-state index in [1.807, 2.05) is 85.9 Å². The van der Waals surface area contributed by atoms with Crippen molar-refractivity contribution in [2.24, 2.45) is 4.99 Å². The Morgan fingerprint density at radius 3 is 2.64 bits per heavy atom. The minimum atomic E-state index is -0.716. The molecule has 2 N–H and O–H groups in total. The van der Waals surface area contributed by atoms with Crippen LogP contribution in [0.25, 0.3) is 5.69 Å². The third kappa shape index (κ3) is 3.58. The van der Waals surface area contributed by atoms with Crippen molar-refractivity contribution in [3.05, 3.63) is 142 Å². The van der Waals surface area contributed by atoms with Gasteiger partial charge in [-0.05, 0) is 55.2 Å². The van der Waals surface area contributed by atoms with Gasteiger partial charge in [0.2, 0.25) is 5.91 Å². The van der Waals surface area contributed by atoms with Crippen molar-refractivity contribution in [2.75, 3.05) is 5.32 Å². The highest BCUT2D eigenvalue weighted by Crippen LogP contribution is 2.46. The highest BCUT2D eigenvalue weighted by atomic mass is 16.2. The molecule has 0 bridgehead atoms. The highest BCUT2D eigenvalue weighted by Gasteiger charge is 2.51. The van der Waals surface area contributed by atoms with E-state index in [1.54, 1.807) is 6.20 Å². The summed E-state index contributed by atoms with van der Waals surface area (Å²) in [5, 5.41) is 6.10. The van der Waals surface area contributed by atoms with Crippen LogP contribution in [0.15, 0.2) is 102 Å². The number of anilines is 1. The molecule has 0 radical (unpaired) electrons. The van der Waals surface area contributed by atoms with Gasteiger partial charge in [-0.2, -0.15) is 0 Å². The van der Waals surface area contributed by atoms with Crippen LogP contribution in [0.2, 0.25) is 0 Å². The molecule has 8 rings (SSSR count). The molecule has 2 aliphatic heterocycles. The molecule has 0 saturated carbocycles. The molecule has 4 heterocycles. The van der Waals surface area contributed by atoms with Gasteiger partial charge in [0.25, 0.3) is 5.91 Å². The van der Waals surface area contributed by atoms with Gasteiger partial charge in [0, 0.05) is 40.3 Å². The Balaban J connectivity index is 1.16. The smallest absolute Gasteiger partial charge is 0.253 e. The summed E-state index contributed by atoms with van der Waals surface area (Å²) in [5.74, 6) is 0.976. The van der Waals surface area contributed by atoms with Gasteiger partial charge in [-0.15, -0.1) is 0 Å². The van der Waals surface area contributed by atoms with Gasteiger partial charge in [-0.1, -0.05) is 60.7 Å². The third-order valence-corrected chi connectivity index (χ3v) is 8.63. The third-order valence-electron chi connectivity index (χ3n) is 8.63. The number of aliphatic imine (C=N–C) groups is 1. The molecular weight excluding hydrogens is 524 g/mol. The molecule has 1 spiro atoms. The Morgan fingerprint density at radius 1 is 0.952 bits per heavy atom. The summed E-state index contributed by atoms with van der Waals surface area (Å²) in [6.45, 7) is 2.00. The Hall–Kier alpha value is -5.37. The standard InChI is InChI=1S/C34H26N6O2/c1-20-19-36-31-30(37-28(21-8-3-2-4-9-21)25-10-5-6-12-27(25)40(20)31)38-32(41)22-13-14-23-17-34(18-24(23)16-22)26-11-7-15-35-29(26)39-33(34)42/h2-16,19,30H,17-18H2,1H3,(H,38,41)(H,35,39,42). The number of nitrogens with one attached hydrogen (secondary N) is 2. The molecule has 2 amide bonds. The quantitative estimate of drug-likeness (QED) is 0.336. The van der Waals surface area contributed by atoms with Gasteiger partial charge in [0.05, 0.1) is 16.8 Å². The molecular formula is C34H26N6O2. The maximum absolute atomic E-state index is 13.8. The highest BCUT2D eigenvalue weighted by molar-refractivity contribution is 6.15. The molecule has 2 aromatic heterocycles. The summed E-state index contributed by atoms with van der Waals surface area (Å²) < 4.78 is 2.07. The van der Waals surface area contributed by atoms with Crippen molar-refractivity contribution in [1.82, 2.24) is 19.9 Å². The number of para-hydroxylation sites is 1. The second-order valence-corrected chi connectivity index (χ2v) is 11.1. The second-order valence-electron chi connectivity index (χ2n) is 11.1. The molecule has 0 fully saturated rings. The zero-order valence-corrected chi connectivity index (χ0v) is 22.8. The number of benzene rings is 3. The van der Waals surface area contributed by atoms with Crippen LogP contribution in [0.4, 0.5) is 5.82 Å². The molecule has 0 saturated heterocycles. The van der Waals surface area contributed by atoms with E-state index >= 15 is 0 Å². The van der Waals surface area contributed by atoms with Crippen molar-refractivity contribution in [3.63, 3.8) is 0 Å². The minimum Gasteiger partial charge on any atom is -0.324 e. The lowest BCUT2D eigenvalue weighted by Gasteiger charge is -2.20. The number of hydrogen-bond acceptors (Lipinski definition) is 5. The molecule has 204 valence electrons. The Morgan fingerprint density at radius 2 is 1.76 bits per heavy atom. The number of aryl methyl sites for hydroxylation is 1. The van der Waals surface area contributed by atoms with Crippen LogP contribution in [0.3, 0.4) is 0 Å². The van der Waals surface area contributed by atoms with Gasteiger partial charge >= 0.3 is 0 Å². The Labute approximate surface area is 242 Å². The van der Waals surface area contributed by atoms with Crippen molar-refractivity contribution < 1.29 is 9.59 Å². The van der Waals surface area contributed by atoms with E-state index in [4.69, 9.17) is 9.98 Å². The first-order valence-corrected chi connectivity index (χ1v) is 14.0. The lowest BCUT2D eigenvalue weighted by Crippen LogP contribution is -2.35. The normalized spacial score (nSPS) is 19.7. The first-order valence-electron chi connectivity index (χ1n) is 14.0. The van der Waals surface area contributed by atoms with Gasteiger partial charge in [0.1, 0.15) is 5.82 Å². The molecule has 2 unspecified atom stereocenters. The zero-order valence-electron chi connectivity index (χ0n) is 22.8. The molecule has 5 aromatic rings. The second kappa shape index (κ2) is 9.07. The van der Waals surface area contributed by atoms with Gasteiger partial charge in [-0.25, -0.2) is 9.97 Å². The summed E-state index contributed by atoms with van der Waals surface area (Å²) in [4.78, 5) is 41.1. The van der Waals surface area contributed by atoms with E-state index in [0.29, 0.717) is 30.0 Å². The molecule has 3 aliphatic rings. The lowest BCUT2D eigenvalue weighted by atomic mass is 9.79. The van der Waals surface area contributed by atoms with Crippen LogP contribution in [-0.4, -0.2) is 32.1 Å². The number of rotatable bonds is 3. The van der Waals surface area contributed by atoms with E-state index in [9.17, 15) is 9.59 Å². The van der Waals surface area contributed by atoms with Gasteiger partial charge in [-0.3, -0.25) is 19.1 Å². The van der Waals surface area contributed by atoms with Crippen LogP contribution in [-0.2, 0) is 23.1 Å². The average molecular weight is 551 g/mol. The predicted octanol–water partition coefficient (Wildman–Crippen LogP) is 4.84. The SMILES string of the molecule is Cc1cnc2n1-c1ccccc1C(c1ccccc1)=NC2NC(=O)c1ccc2c(c1)CC1(C2)C(=O)Nc2ncccc21. The number of pyridine rings is 1. The monoisotopic (exact) mass is 550 g/mol. The fourth-order valence-corrected chi connectivity index (χ4v) is 6.63. The molecule has 2 atom stereocenters. The molecule has 1 aliphatic carbocycles.